The van der Waals surface area contributed by atoms with E-state index < -0.39 is 24.0 Å². The highest BCUT2D eigenvalue weighted by Gasteiger charge is 2.17. The molecule has 0 unspecified atom stereocenters. The van der Waals surface area contributed by atoms with Crippen molar-refractivity contribution in [3.05, 3.63) is 0 Å². The predicted octanol–water partition coefficient (Wildman–Crippen LogP) is -4.98. The Kier molecular flexibility index (Phi) is 14.0. The summed E-state index contributed by atoms with van der Waals surface area (Å²) in [6, 6.07) is -1.81. The Morgan fingerprint density at radius 1 is 0.731 bits per heavy atom. The van der Waals surface area contributed by atoms with Gasteiger partial charge in [-0.15, -0.1) is 0 Å². The van der Waals surface area contributed by atoms with Crippen LogP contribution in [0.25, 0.3) is 0 Å². The lowest BCUT2D eigenvalue weighted by Gasteiger charge is -2.22. The van der Waals surface area contributed by atoms with Crippen LogP contribution in [0.5, 0.6) is 0 Å². The molecule has 0 saturated carbocycles. The van der Waals surface area contributed by atoms with Crippen molar-refractivity contribution in [2.24, 2.45) is 11.8 Å². The molecule has 152 valence electrons. The van der Waals surface area contributed by atoms with E-state index in [1.165, 1.54) is 0 Å². The van der Waals surface area contributed by atoms with Crippen LogP contribution in [0, 0.1) is 11.8 Å². The van der Waals surface area contributed by atoms with E-state index in [2.05, 4.69) is 22.1 Å². The molecule has 0 heterocycles. The molecule has 0 bridgehead atoms. The average molecular weight is 376 g/mol. The first-order chi connectivity index (χ1) is 12.0. The quantitative estimate of drug-likeness (QED) is 0.295. The summed E-state index contributed by atoms with van der Waals surface area (Å²) >= 11 is 0. The van der Waals surface area contributed by atoms with Gasteiger partial charge in [-0.25, -0.2) is 0 Å². The number of carboxylic acids is 2. The summed E-state index contributed by atoms with van der Waals surface area (Å²) in [6.07, 6.45) is 0.493. The number of rotatable bonds is 10. The second-order valence-electron chi connectivity index (χ2n) is 6.42. The molecular weight excluding hydrogens is 344 g/mol. The normalized spacial score (nSPS) is 12.6. The van der Waals surface area contributed by atoms with E-state index in [1.807, 2.05) is 0 Å². The zero-order valence-electron chi connectivity index (χ0n) is 16.0. The average Bonchev–Trinajstić information content (AvgIpc) is 2.50. The lowest BCUT2D eigenvalue weighted by Crippen LogP contribution is -2.55. The molecule has 8 N–H and O–H groups in total. The summed E-state index contributed by atoms with van der Waals surface area (Å²) < 4.78 is 0. The van der Waals surface area contributed by atoms with Crippen molar-refractivity contribution >= 4 is 23.8 Å². The standard InChI is InChI=1S/2C8H16N2O3/c2*1-5(2)7(8(12)13)10-6(11)3-4-9/h2*5,7H,3-4,9H2,1-2H3,(H,10,11)(H,12,13)/t2*7-/m00/s1. The number of carbonyl (C=O) groups excluding carboxylic acids is 4. The van der Waals surface area contributed by atoms with E-state index >= 15 is 0 Å². The largest absolute Gasteiger partial charge is 0.548 e. The van der Waals surface area contributed by atoms with Crippen molar-refractivity contribution in [3.8, 4) is 0 Å². The van der Waals surface area contributed by atoms with Crippen LogP contribution in [0.2, 0.25) is 0 Å². The van der Waals surface area contributed by atoms with Crippen molar-refractivity contribution < 1.29 is 40.9 Å². The number of hydrogen-bond donors (Lipinski definition) is 4. The molecule has 0 aromatic carbocycles. The maximum Gasteiger partial charge on any atom is 0.226 e. The van der Waals surface area contributed by atoms with Gasteiger partial charge in [0.25, 0.3) is 0 Å². The van der Waals surface area contributed by atoms with Crippen molar-refractivity contribution in [1.82, 2.24) is 10.6 Å². The molecule has 0 aliphatic rings. The molecule has 2 atom stereocenters. The number of carbonyl (C=O) groups is 4. The van der Waals surface area contributed by atoms with Crippen LogP contribution < -0.4 is 32.3 Å². The minimum Gasteiger partial charge on any atom is -0.548 e. The molecule has 0 fully saturated rings. The molecule has 0 aliphatic heterocycles. The topological polar surface area (TPSA) is 194 Å². The van der Waals surface area contributed by atoms with Crippen molar-refractivity contribution in [3.63, 3.8) is 0 Å². The van der Waals surface area contributed by atoms with Crippen molar-refractivity contribution in [2.75, 3.05) is 13.1 Å². The lowest BCUT2D eigenvalue weighted by atomic mass is 10.0. The highest BCUT2D eigenvalue weighted by atomic mass is 16.4. The molecule has 2 amide bonds. The molecule has 0 rings (SSSR count). The van der Waals surface area contributed by atoms with Crippen molar-refractivity contribution in [2.45, 2.75) is 52.6 Å². The first kappa shape index (κ1) is 26.0. The number of quaternary nitrogens is 2. The van der Waals surface area contributed by atoms with Crippen LogP contribution in [0.3, 0.4) is 0 Å². The first-order valence-corrected chi connectivity index (χ1v) is 8.56. The summed E-state index contributed by atoms with van der Waals surface area (Å²) in [4.78, 5) is 43.1. The second-order valence-corrected chi connectivity index (χ2v) is 6.42. The van der Waals surface area contributed by atoms with Gasteiger partial charge in [-0.1, -0.05) is 27.7 Å². The van der Waals surface area contributed by atoms with E-state index in [-0.39, 0.29) is 36.5 Å². The number of amides is 2. The maximum atomic E-state index is 11.0. The molecule has 0 aromatic heterocycles. The Morgan fingerprint density at radius 2 is 1.00 bits per heavy atom. The Morgan fingerprint density at radius 3 is 1.15 bits per heavy atom. The molecule has 10 nitrogen and oxygen atoms in total. The third-order valence-electron chi connectivity index (χ3n) is 3.28. The number of carboxylic acid groups (broad SMARTS) is 2. The maximum absolute atomic E-state index is 11.0. The highest BCUT2D eigenvalue weighted by Crippen LogP contribution is 2.01. The monoisotopic (exact) mass is 376 g/mol. The molecular formula is C16H32N4O6. The van der Waals surface area contributed by atoms with E-state index in [4.69, 9.17) is 0 Å². The SMILES string of the molecule is CC(C)[C@H](NC(=O)CC[NH3+])C(=O)[O-].CC(C)[C@H](NC(=O)CC[NH3+])C(=O)[O-]. The highest BCUT2D eigenvalue weighted by molar-refractivity contribution is 5.83. The van der Waals surface area contributed by atoms with Gasteiger partial charge >= 0.3 is 0 Å². The Bertz CT molecular complexity index is 426. The van der Waals surface area contributed by atoms with Gasteiger partial charge in [0.15, 0.2) is 0 Å². The summed E-state index contributed by atoms with van der Waals surface area (Å²) in [6.45, 7) is 7.78. The van der Waals surface area contributed by atoms with Crippen LogP contribution >= 0.6 is 0 Å². The molecule has 26 heavy (non-hydrogen) atoms. The second kappa shape index (κ2) is 14.0. The van der Waals surface area contributed by atoms with Gasteiger partial charge in [-0.2, -0.15) is 0 Å². The Hall–Kier alpha value is -2.20. The van der Waals surface area contributed by atoms with Gasteiger partial charge in [0, 0.05) is 0 Å². The third kappa shape index (κ3) is 12.2. The van der Waals surface area contributed by atoms with E-state index in [1.54, 1.807) is 27.7 Å². The zero-order valence-corrected chi connectivity index (χ0v) is 16.0. The summed E-state index contributed by atoms with van der Waals surface area (Å²) in [5.41, 5.74) is 7.00. The van der Waals surface area contributed by atoms with Gasteiger partial charge in [0.1, 0.15) is 0 Å². The molecule has 0 spiro atoms. The number of nitrogens with one attached hydrogen (secondary N) is 2. The van der Waals surface area contributed by atoms with Crippen molar-refractivity contribution in [1.29, 1.82) is 0 Å². The minimum atomic E-state index is -1.24. The fourth-order valence-electron chi connectivity index (χ4n) is 1.81. The summed E-state index contributed by atoms with van der Waals surface area (Å²) in [5.74, 6) is -3.41. The molecule has 0 radical (unpaired) electrons. The lowest BCUT2D eigenvalue weighted by molar-refractivity contribution is -0.366. The van der Waals surface area contributed by atoms with Gasteiger partial charge in [-0.05, 0) is 11.8 Å². The zero-order chi connectivity index (χ0) is 20.9. The Labute approximate surface area is 153 Å². The van der Waals surface area contributed by atoms with Gasteiger partial charge in [-0.3, -0.25) is 9.59 Å². The van der Waals surface area contributed by atoms with Crippen LogP contribution in [0.4, 0.5) is 0 Å². The fourth-order valence-corrected chi connectivity index (χ4v) is 1.81. The predicted molar refractivity (Wildman–Crippen MR) is 88.3 cm³/mol. The van der Waals surface area contributed by atoms with Gasteiger partial charge < -0.3 is 41.9 Å². The molecule has 0 aromatic rings. The van der Waals surface area contributed by atoms with E-state index in [0.29, 0.717) is 13.1 Å². The number of hydrogen-bond acceptors (Lipinski definition) is 6. The van der Waals surface area contributed by atoms with Gasteiger partial charge in [0.05, 0.1) is 50.0 Å². The Balaban J connectivity index is 0. The summed E-state index contributed by atoms with van der Waals surface area (Å²) in [5, 5.41) is 25.8. The first-order valence-electron chi connectivity index (χ1n) is 8.56. The van der Waals surface area contributed by atoms with E-state index in [0.717, 1.165) is 0 Å². The smallest absolute Gasteiger partial charge is 0.226 e. The number of aliphatic carboxylic acids is 2. The molecule has 0 saturated heterocycles. The van der Waals surface area contributed by atoms with E-state index in [9.17, 15) is 29.4 Å². The molecule has 10 heteroatoms. The van der Waals surface area contributed by atoms with Crippen LogP contribution in [0.15, 0.2) is 0 Å². The van der Waals surface area contributed by atoms with Crippen LogP contribution in [-0.2, 0) is 19.2 Å². The fraction of sp³-hybridized carbons (Fsp3) is 0.750. The van der Waals surface area contributed by atoms with Gasteiger partial charge in [0.2, 0.25) is 11.8 Å². The molecule has 0 aliphatic carbocycles. The van der Waals surface area contributed by atoms with Crippen LogP contribution in [-0.4, -0.2) is 48.9 Å². The minimum absolute atomic E-state index is 0.168. The van der Waals surface area contributed by atoms with Crippen LogP contribution in [0.1, 0.15) is 40.5 Å². The third-order valence-corrected chi connectivity index (χ3v) is 3.28. The summed E-state index contributed by atoms with van der Waals surface area (Å²) in [7, 11) is 0.